The normalized spacial score (nSPS) is 11.6. The molecule has 29 heavy (non-hydrogen) atoms. The summed E-state index contributed by atoms with van der Waals surface area (Å²) in [7, 11) is 0. The van der Waals surface area contributed by atoms with Crippen LogP contribution in [0.25, 0.3) is 20.5 Å². The maximum Gasteiger partial charge on any atom is 0.195 e. The third kappa shape index (κ3) is 4.03. The van der Waals surface area contributed by atoms with Gasteiger partial charge < -0.3 is 9.84 Å². The van der Waals surface area contributed by atoms with Gasteiger partial charge in [-0.25, -0.2) is 0 Å². The molecule has 4 rings (SSSR count). The van der Waals surface area contributed by atoms with Gasteiger partial charge >= 0.3 is 0 Å². The van der Waals surface area contributed by atoms with Gasteiger partial charge in [-0.1, -0.05) is 18.2 Å². The zero-order chi connectivity index (χ0) is 20.6. The first-order valence-corrected chi connectivity index (χ1v) is 10.3. The van der Waals surface area contributed by atoms with Crippen molar-refractivity contribution >= 4 is 27.2 Å². The van der Waals surface area contributed by atoms with E-state index in [4.69, 9.17) is 4.74 Å². The first kappa shape index (κ1) is 19.2. The van der Waals surface area contributed by atoms with Crippen LogP contribution >= 0.6 is 11.3 Å². The average Bonchev–Trinajstić information content (AvgIpc) is 3.07. The number of hydrogen-bond acceptors (Lipinski definition) is 4. The minimum absolute atomic E-state index is 0.0486. The maximum atomic E-state index is 13.4. The molecule has 3 aromatic carbocycles. The third-order valence-corrected chi connectivity index (χ3v) is 5.71. The number of phenols is 1. The number of ether oxygens (including phenoxy) is 1. The fourth-order valence-corrected chi connectivity index (χ4v) is 4.46. The van der Waals surface area contributed by atoms with E-state index in [0.29, 0.717) is 11.1 Å². The highest BCUT2D eigenvalue weighted by molar-refractivity contribution is 7.22. The second-order valence-corrected chi connectivity index (χ2v) is 8.97. The van der Waals surface area contributed by atoms with E-state index < -0.39 is 0 Å². The van der Waals surface area contributed by atoms with Crippen molar-refractivity contribution < 1.29 is 14.6 Å². The van der Waals surface area contributed by atoms with Crippen molar-refractivity contribution in [2.45, 2.75) is 26.4 Å². The van der Waals surface area contributed by atoms with E-state index >= 15 is 0 Å². The molecule has 0 spiro atoms. The first-order valence-electron chi connectivity index (χ1n) is 9.46. The smallest absolute Gasteiger partial charge is 0.195 e. The van der Waals surface area contributed by atoms with Crippen molar-refractivity contribution in [1.82, 2.24) is 0 Å². The maximum absolute atomic E-state index is 13.4. The van der Waals surface area contributed by atoms with Crippen molar-refractivity contribution in [2.24, 2.45) is 0 Å². The molecule has 0 radical (unpaired) electrons. The predicted molar refractivity (Wildman–Crippen MR) is 119 cm³/mol. The van der Waals surface area contributed by atoms with Gasteiger partial charge in [-0.3, -0.25) is 4.79 Å². The van der Waals surface area contributed by atoms with Gasteiger partial charge in [0.05, 0.1) is 0 Å². The Morgan fingerprint density at radius 3 is 2.21 bits per heavy atom. The summed E-state index contributed by atoms with van der Waals surface area (Å²) in [5, 5.41) is 10.5. The van der Waals surface area contributed by atoms with Gasteiger partial charge in [0.15, 0.2) is 5.78 Å². The van der Waals surface area contributed by atoms with Gasteiger partial charge in [0.25, 0.3) is 0 Å². The molecule has 0 saturated heterocycles. The van der Waals surface area contributed by atoms with E-state index in [0.717, 1.165) is 26.3 Å². The van der Waals surface area contributed by atoms with Crippen molar-refractivity contribution in [3.8, 4) is 21.9 Å². The molecule has 4 heteroatoms. The topological polar surface area (TPSA) is 46.5 Å². The van der Waals surface area contributed by atoms with Crippen LogP contribution in [-0.4, -0.2) is 16.5 Å². The van der Waals surface area contributed by atoms with Crippen LogP contribution in [0.5, 0.6) is 11.5 Å². The number of carbonyl (C=O) groups is 1. The highest BCUT2D eigenvalue weighted by Gasteiger charge is 2.21. The lowest BCUT2D eigenvalue weighted by molar-refractivity contribution is 0.104. The standard InChI is InChI=1S/C25H22O3S/c1-25(2,3)28-19-14-10-17(11-15-19)24-22(20-6-4-5-7-21(20)29-24)23(27)16-8-12-18(26)13-9-16/h4-15,26H,1-3H3. The molecule has 4 aromatic rings. The van der Waals surface area contributed by atoms with Gasteiger partial charge in [-0.2, -0.15) is 0 Å². The number of benzene rings is 3. The fraction of sp³-hybridized carbons (Fsp3) is 0.160. The number of thiophene rings is 1. The number of phenolic OH excluding ortho intramolecular Hbond substituents is 1. The number of rotatable bonds is 4. The Kier molecular flexibility index (Phi) is 4.89. The Hall–Kier alpha value is -3.11. The summed E-state index contributed by atoms with van der Waals surface area (Å²) in [6.07, 6.45) is 0. The van der Waals surface area contributed by atoms with Crippen LogP contribution < -0.4 is 4.74 Å². The van der Waals surface area contributed by atoms with Crippen LogP contribution in [0.2, 0.25) is 0 Å². The van der Waals surface area contributed by atoms with Crippen molar-refractivity contribution in [2.75, 3.05) is 0 Å². The molecule has 0 aliphatic heterocycles. The Morgan fingerprint density at radius 2 is 1.55 bits per heavy atom. The van der Waals surface area contributed by atoms with Crippen molar-refractivity contribution in [3.63, 3.8) is 0 Å². The molecular formula is C25H22O3S. The molecule has 0 unspecified atom stereocenters. The molecule has 1 N–H and O–H groups in total. The van der Waals surface area contributed by atoms with Gasteiger partial charge in [0, 0.05) is 26.1 Å². The van der Waals surface area contributed by atoms with E-state index in [1.165, 1.54) is 0 Å². The number of fused-ring (bicyclic) bond motifs is 1. The average molecular weight is 403 g/mol. The number of ketones is 1. The first-order chi connectivity index (χ1) is 13.8. The van der Waals surface area contributed by atoms with Crippen LogP contribution in [0.15, 0.2) is 72.8 Å². The number of aromatic hydroxyl groups is 1. The summed E-state index contributed by atoms with van der Waals surface area (Å²) < 4.78 is 6.99. The Morgan fingerprint density at radius 1 is 0.897 bits per heavy atom. The molecule has 0 aliphatic carbocycles. The lowest BCUT2D eigenvalue weighted by atomic mass is 9.97. The Labute approximate surface area is 174 Å². The van der Waals surface area contributed by atoms with Gasteiger partial charge in [-0.15, -0.1) is 11.3 Å². The highest BCUT2D eigenvalue weighted by atomic mass is 32.1. The lowest BCUT2D eigenvalue weighted by Gasteiger charge is -2.21. The molecule has 1 heterocycles. The molecule has 0 fully saturated rings. The van der Waals surface area contributed by atoms with E-state index in [1.807, 2.05) is 69.3 Å². The molecule has 146 valence electrons. The molecule has 3 nitrogen and oxygen atoms in total. The lowest BCUT2D eigenvalue weighted by Crippen LogP contribution is -2.22. The molecule has 0 saturated carbocycles. The quantitative estimate of drug-likeness (QED) is 0.387. The summed E-state index contributed by atoms with van der Waals surface area (Å²) in [6, 6.07) is 22.2. The summed E-state index contributed by atoms with van der Waals surface area (Å²) in [5.41, 5.74) is 1.97. The Bertz CT molecular complexity index is 1160. The molecule has 0 bridgehead atoms. The van der Waals surface area contributed by atoms with Crippen LogP contribution in [-0.2, 0) is 0 Å². The number of carbonyl (C=O) groups excluding carboxylic acids is 1. The zero-order valence-corrected chi connectivity index (χ0v) is 17.4. The highest BCUT2D eigenvalue weighted by Crippen LogP contribution is 2.40. The van der Waals surface area contributed by atoms with Crippen LogP contribution in [0.1, 0.15) is 36.7 Å². The van der Waals surface area contributed by atoms with Crippen LogP contribution in [0.3, 0.4) is 0 Å². The van der Waals surface area contributed by atoms with E-state index in [1.54, 1.807) is 35.6 Å². The summed E-state index contributed by atoms with van der Waals surface area (Å²) >= 11 is 1.61. The van der Waals surface area contributed by atoms with Gasteiger partial charge in [0.2, 0.25) is 0 Å². The molecular weight excluding hydrogens is 380 g/mol. The predicted octanol–water partition coefficient (Wildman–Crippen LogP) is 6.68. The van der Waals surface area contributed by atoms with Gasteiger partial charge in [-0.05, 0) is 80.9 Å². The third-order valence-electron chi connectivity index (χ3n) is 4.49. The summed E-state index contributed by atoms with van der Waals surface area (Å²) in [6.45, 7) is 6.05. The van der Waals surface area contributed by atoms with Crippen LogP contribution in [0, 0.1) is 0 Å². The van der Waals surface area contributed by atoms with E-state index in [2.05, 4.69) is 0 Å². The second-order valence-electron chi connectivity index (χ2n) is 7.92. The minimum atomic E-state index is -0.265. The van der Waals surface area contributed by atoms with Gasteiger partial charge in [0.1, 0.15) is 17.1 Å². The van der Waals surface area contributed by atoms with E-state index in [-0.39, 0.29) is 17.1 Å². The molecule has 0 amide bonds. The summed E-state index contributed by atoms with van der Waals surface area (Å²) in [5.74, 6) is 0.896. The van der Waals surface area contributed by atoms with Crippen molar-refractivity contribution in [1.29, 1.82) is 0 Å². The zero-order valence-electron chi connectivity index (χ0n) is 16.6. The molecule has 1 aromatic heterocycles. The SMILES string of the molecule is CC(C)(C)Oc1ccc(-c2sc3ccccc3c2C(=O)c2ccc(O)cc2)cc1. The summed E-state index contributed by atoms with van der Waals surface area (Å²) in [4.78, 5) is 14.3. The fourth-order valence-electron chi connectivity index (χ4n) is 3.26. The largest absolute Gasteiger partial charge is 0.508 e. The van der Waals surface area contributed by atoms with Crippen LogP contribution in [0.4, 0.5) is 0 Å². The molecule has 0 atom stereocenters. The Balaban J connectivity index is 1.81. The molecule has 0 aliphatic rings. The second kappa shape index (κ2) is 7.37. The van der Waals surface area contributed by atoms with E-state index in [9.17, 15) is 9.90 Å². The van der Waals surface area contributed by atoms with Crippen molar-refractivity contribution in [3.05, 3.63) is 83.9 Å². The monoisotopic (exact) mass is 402 g/mol. The number of hydrogen-bond donors (Lipinski definition) is 1. The minimum Gasteiger partial charge on any atom is -0.508 e.